The van der Waals surface area contributed by atoms with E-state index in [1.165, 1.54) is 13.8 Å². The van der Waals surface area contributed by atoms with Gasteiger partial charge in [0.1, 0.15) is 22.8 Å². The molecule has 0 unspecified atom stereocenters. The van der Waals surface area contributed by atoms with Crippen molar-refractivity contribution in [2.75, 3.05) is 33.2 Å². The third-order valence-electron chi connectivity index (χ3n) is 7.69. The monoisotopic (exact) mass is 542 g/mol. The molecule has 1 aromatic rings. The van der Waals surface area contributed by atoms with Crippen LogP contribution in [0, 0.1) is 11.3 Å². The largest absolute Gasteiger partial charge is 0.433 e. The first-order chi connectivity index (χ1) is 18.5. The van der Waals surface area contributed by atoms with Crippen LogP contribution in [0.5, 0.6) is 0 Å². The number of piperidine rings is 1. The van der Waals surface area contributed by atoms with Crippen LogP contribution in [-0.2, 0) is 10.3 Å². The van der Waals surface area contributed by atoms with E-state index in [0.29, 0.717) is 45.4 Å². The second-order valence-electron chi connectivity index (χ2n) is 10.1. The fourth-order valence-corrected chi connectivity index (χ4v) is 5.42. The Bertz CT molecular complexity index is 1300. The lowest BCUT2D eigenvalue weighted by Gasteiger charge is -2.53. The number of carbonyl (C=O) groups is 1. The second kappa shape index (κ2) is 11.2. The van der Waals surface area contributed by atoms with Crippen molar-refractivity contribution >= 4 is 23.0 Å². The van der Waals surface area contributed by atoms with E-state index >= 15 is 0 Å². The number of hydrogen-bond acceptors (Lipinski definition) is 6. The van der Waals surface area contributed by atoms with Crippen molar-refractivity contribution < 1.29 is 18.0 Å². The van der Waals surface area contributed by atoms with E-state index in [2.05, 4.69) is 31.4 Å². The number of amidine groups is 1. The number of amides is 1. The number of nitriles is 1. The molecular weight excluding hydrogens is 509 g/mol. The summed E-state index contributed by atoms with van der Waals surface area (Å²) in [5.74, 6) is 0.326. The van der Waals surface area contributed by atoms with Gasteiger partial charge in [0.15, 0.2) is 0 Å². The van der Waals surface area contributed by atoms with Crippen LogP contribution in [0.15, 0.2) is 52.0 Å². The van der Waals surface area contributed by atoms with Gasteiger partial charge in [0.25, 0.3) is 5.91 Å². The van der Waals surface area contributed by atoms with Crippen LogP contribution in [0.4, 0.5) is 13.2 Å². The molecular formula is C27H33F3N8O. The average molecular weight is 543 g/mol. The molecule has 0 aliphatic carbocycles. The summed E-state index contributed by atoms with van der Waals surface area (Å²) >= 11 is 0. The van der Waals surface area contributed by atoms with E-state index in [1.807, 2.05) is 36.3 Å². The number of aliphatic imine (C=N–C) groups is 2. The Morgan fingerprint density at radius 1 is 1.31 bits per heavy atom. The van der Waals surface area contributed by atoms with Gasteiger partial charge in [0.2, 0.25) is 0 Å². The summed E-state index contributed by atoms with van der Waals surface area (Å²) in [6.07, 6.45) is 5.61. The number of rotatable bonds is 6. The molecule has 9 nitrogen and oxygen atoms in total. The van der Waals surface area contributed by atoms with Gasteiger partial charge in [-0.3, -0.25) is 19.4 Å². The lowest BCUT2D eigenvalue weighted by Crippen LogP contribution is -2.66. The zero-order chi connectivity index (χ0) is 28.4. The van der Waals surface area contributed by atoms with Crippen LogP contribution < -0.4 is 5.32 Å². The molecule has 1 N–H and O–H groups in total. The maximum Gasteiger partial charge on any atom is 0.433 e. The highest BCUT2D eigenvalue weighted by molar-refractivity contribution is 6.38. The number of carbonyl (C=O) groups excluding carboxylic acids is 1. The summed E-state index contributed by atoms with van der Waals surface area (Å²) in [6.45, 7) is 6.80. The fraction of sp³-hybridized carbons (Fsp3) is 0.519. The number of hydrogen-bond donors (Lipinski definition) is 1. The summed E-state index contributed by atoms with van der Waals surface area (Å²) in [7, 11) is 1.74. The molecule has 39 heavy (non-hydrogen) atoms. The lowest BCUT2D eigenvalue weighted by atomic mass is 9.83. The predicted octanol–water partition coefficient (Wildman–Crippen LogP) is 3.64. The number of nitrogens with zero attached hydrogens (tertiary/aromatic N) is 7. The van der Waals surface area contributed by atoms with Crippen molar-refractivity contribution in [2.24, 2.45) is 9.98 Å². The average Bonchev–Trinajstić information content (AvgIpc) is 3.58. The number of halogens is 3. The standard InChI is InChI=1S/C27H33F3N8O/c1-5-23(27(28,29)30)35-19(3)25(39)36-12-7-21(8-13-36)37-16-26(17-37,9-10-31)38-15-20(14-34-38)18(2)22-6-11-33-24(22)32-4/h5-6,11,14-15,21H,7-9,12-13,16-17H2,1-4H3,(H,32,33)/b22-18+,23-5-,35-19+. The van der Waals surface area contributed by atoms with Gasteiger partial charge in [-0.05, 0) is 45.3 Å². The quantitative estimate of drug-likeness (QED) is 0.553. The van der Waals surface area contributed by atoms with Crippen LogP contribution in [0.1, 0.15) is 45.6 Å². The first kappa shape index (κ1) is 28.3. The molecule has 3 aliphatic rings. The van der Waals surface area contributed by atoms with Gasteiger partial charge in [0.05, 0.1) is 18.7 Å². The van der Waals surface area contributed by atoms with Crippen LogP contribution in [0.2, 0.25) is 0 Å². The molecule has 0 aromatic carbocycles. The Hall–Kier alpha value is -3.72. The molecule has 2 saturated heterocycles. The second-order valence-corrected chi connectivity index (χ2v) is 10.1. The molecule has 0 radical (unpaired) electrons. The summed E-state index contributed by atoms with van der Waals surface area (Å²) < 4.78 is 40.9. The van der Waals surface area contributed by atoms with Crippen molar-refractivity contribution in [3.63, 3.8) is 0 Å². The minimum atomic E-state index is -4.60. The van der Waals surface area contributed by atoms with Gasteiger partial charge < -0.3 is 10.2 Å². The topological polar surface area (TPSA) is 102 Å². The number of nitrogens with one attached hydrogen (secondary N) is 1. The van der Waals surface area contributed by atoms with E-state index in [-0.39, 0.29) is 11.8 Å². The van der Waals surface area contributed by atoms with Crippen molar-refractivity contribution in [3.8, 4) is 6.07 Å². The summed E-state index contributed by atoms with van der Waals surface area (Å²) in [6, 6.07) is 2.54. The molecule has 0 saturated carbocycles. The fourth-order valence-electron chi connectivity index (χ4n) is 5.42. The number of likely N-dealkylation sites (tertiary alicyclic amines) is 2. The molecule has 208 valence electrons. The van der Waals surface area contributed by atoms with Crippen LogP contribution >= 0.6 is 0 Å². The highest BCUT2D eigenvalue weighted by Crippen LogP contribution is 2.37. The predicted molar refractivity (Wildman–Crippen MR) is 143 cm³/mol. The number of alkyl halides is 3. The first-order valence-electron chi connectivity index (χ1n) is 12.9. The Morgan fingerprint density at radius 3 is 2.59 bits per heavy atom. The molecule has 3 aliphatic heterocycles. The zero-order valence-corrected chi connectivity index (χ0v) is 22.6. The Kier molecular flexibility index (Phi) is 8.11. The number of aromatic nitrogens is 2. The molecule has 0 atom stereocenters. The van der Waals surface area contributed by atoms with Gasteiger partial charge in [-0.25, -0.2) is 4.99 Å². The lowest BCUT2D eigenvalue weighted by molar-refractivity contribution is -0.126. The minimum absolute atomic E-state index is 0.170. The van der Waals surface area contributed by atoms with Gasteiger partial charge in [-0.2, -0.15) is 23.5 Å². The maximum absolute atomic E-state index is 13.0. The van der Waals surface area contributed by atoms with Crippen molar-refractivity contribution in [3.05, 3.63) is 47.6 Å². The van der Waals surface area contributed by atoms with E-state index in [4.69, 9.17) is 0 Å². The van der Waals surface area contributed by atoms with Gasteiger partial charge in [0, 0.05) is 62.8 Å². The van der Waals surface area contributed by atoms with Crippen LogP contribution in [0.25, 0.3) is 5.57 Å². The highest BCUT2D eigenvalue weighted by Gasteiger charge is 2.48. The van der Waals surface area contributed by atoms with Gasteiger partial charge in [-0.1, -0.05) is 6.08 Å². The third kappa shape index (κ3) is 5.68. The number of allylic oxidation sites excluding steroid dienone is 3. The Balaban J connectivity index is 1.38. The van der Waals surface area contributed by atoms with E-state index in [9.17, 15) is 23.2 Å². The molecule has 4 heterocycles. The minimum Gasteiger partial charge on any atom is -0.346 e. The summed E-state index contributed by atoms with van der Waals surface area (Å²) in [4.78, 5) is 24.4. The Morgan fingerprint density at radius 2 is 2.00 bits per heavy atom. The van der Waals surface area contributed by atoms with E-state index < -0.39 is 23.3 Å². The zero-order valence-electron chi connectivity index (χ0n) is 22.6. The highest BCUT2D eigenvalue weighted by atomic mass is 19.4. The first-order valence-corrected chi connectivity index (χ1v) is 12.9. The maximum atomic E-state index is 13.0. The van der Waals surface area contributed by atoms with Gasteiger partial charge >= 0.3 is 6.18 Å². The van der Waals surface area contributed by atoms with Gasteiger partial charge in [-0.15, -0.1) is 0 Å². The molecule has 0 bridgehead atoms. The van der Waals surface area contributed by atoms with Crippen molar-refractivity contribution in [1.82, 2.24) is 24.9 Å². The normalized spacial score (nSPS) is 23.0. The molecule has 4 rings (SSSR count). The van der Waals surface area contributed by atoms with Crippen molar-refractivity contribution in [1.29, 1.82) is 5.26 Å². The smallest absolute Gasteiger partial charge is 0.346 e. The van der Waals surface area contributed by atoms with Crippen LogP contribution in [0.3, 0.4) is 0 Å². The molecule has 2 fully saturated rings. The Labute approximate surface area is 226 Å². The van der Waals surface area contributed by atoms with E-state index in [1.54, 1.807) is 11.9 Å². The SMILES string of the molecule is C/C=C(\N=C(/C)C(=O)N1CCC(N2CC(CC#N)(n3cc(/C(C)=C4\C=CN\C4=N\C)cn3)C2)CC1)C(F)(F)F. The molecule has 1 aromatic heterocycles. The molecule has 12 heteroatoms. The molecule has 0 spiro atoms. The van der Waals surface area contributed by atoms with Crippen molar-refractivity contribution in [2.45, 2.75) is 57.8 Å². The summed E-state index contributed by atoms with van der Waals surface area (Å²) in [5, 5.41) is 17.3. The molecule has 1 amide bonds. The summed E-state index contributed by atoms with van der Waals surface area (Å²) in [5.41, 5.74) is 1.34. The van der Waals surface area contributed by atoms with Crippen LogP contribution in [-0.4, -0.2) is 82.5 Å². The van der Waals surface area contributed by atoms with E-state index in [0.717, 1.165) is 28.6 Å². The third-order valence-corrected chi connectivity index (χ3v) is 7.69.